The van der Waals surface area contributed by atoms with Gasteiger partial charge in [0.1, 0.15) is 0 Å². The van der Waals surface area contributed by atoms with E-state index < -0.39 is 0 Å². The van der Waals surface area contributed by atoms with Crippen molar-refractivity contribution in [1.29, 1.82) is 0 Å². The van der Waals surface area contributed by atoms with Crippen LogP contribution in [0.15, 0.2) is 36.9 Å². The molecule has 5 atom stereocenters. The number of ether oxygens (including phenoxy) is 1. The van der Waals surface area contributed by atoms with Gasteiger partial charge >= 0.3 is 5.97 Å². The summed E-state index contributed by atoms with van der Waals surface area (Å²) in [5.41, 5.74) is 2.92. The van der Waals surface area contributed by atoms with E-state index in [9.17, 15) is 4.79 Å². The zero-order valence-electron chi connectivity index (χ0n) is 14.4. The van der Waals surface area contributed by atoms with Crippen molar-refractivity contribution in [2.75, 3.05) is 13.7 Å². The van der Waals surface area contributed by atoms with Crippen molar-refractivity contribution in [3.8, 4) is 0 Å². The number of esters is 1. The second-order valence-electron chi connectivity index (χ2n) is 7.31. The Kier molecular flexibility index (Phi) is 4.52. The van der Waals surface area contributed by atoms with Crippen LogP contribution in [0.4, 0.5) is 0 Å². The summed E-state index contributed by atoms with van der Waals surface area (Å²) in [6, 6.07) is 9.57. The molecule has 3 nitrogen and oxygen atoms in total. The fourth-order valence-corrected chi connectivity index (χ4v) is 5.56. The topological polar surface area (TPSA) is 29.5 Å². The zero-order chi connectivity index (χ0) is 16.2. The average Bonchev–Trinajstić information content (AvgIpc) is 2.58. The smallest absolute Gasteiger partial charge is 0.310 e. The number of carbonyl (C=O) groups is 1. The van der Waals surface area contributed by atoms with E-state index in [4.69, 9.17) is 4.74 Å². The number of nitrogens with zero attached hydrogens (tertiary/aromatic N) is 1. The molecule has 5 rings (SSSR count). The van der Waals surface area contributed by atoms with Gasteiger partial charge in [0.05, 0.1) is 12.5 Å². The van der Waals surface area contributed by atoms with Gasteiger partial charge in [0.15, 0.2) is 0 Å². The Morgan fingerprint density at radius 1 is 1.42 bits per heavy atom. The molecule has 0 N–H and O–H groups in total. The molecule has 0 aromatic heterocycles. The zero-order valence-corrected chi connectivity index (χ0v) is 15.2. The number of allylic oxidation sites excluding steroid dienone is 1. The van der Waals surface area contributed by atoms with Crippen LogP contribution in [0, 0.1) is 11.8 Å². The number of hydrogen-bond acceptors (Lipinski definition) is 3. The van der Waals surface area contributed by atoms with Crippen molar-refractivity contribution in [3.05, 3.63) is 48.0 Å². The Morgan fingerprint density at radius 2 is 2.17 bits per heavy atom. The molecule has 2 aliphatic carbocycles. The molecule has 1 saturated carbocycles. The van der Waals surface area contributed by atoms with E-state index in [0.29, 0.717) is 18.6 Å². The number of benzene rings is 1. The first kappa shape index (κ1) is 17.5. The predicted octanol–water partition coefficient (Wildman–Crippen LogP) is 3.36. The molecule has 2 heterocycles. The fourth-order valence-electron chi connectivity index (χ4n) is 5.56. The fraction of sp³-hybridized carbons (Fsp3) is 0.550. The highest BCUT2D eigenvalue weighted by Crippen LogP contribution is 2.58. The van der Waals surface area contributed by atoms with Crippen LogP contribution in [0.2, 0.25) is 0 Å². The number of fused-ring (bicyclic) bond motifs is 2. The van der Waals surface area contributed by atoms with Crippen LogP contribution >= 0.6 is 12.4 Å². The SMILES string of the molecule is C=C[C@]12CC3C(C(=O)OCC)CC1C(Cc1ccccc12)N3C.Cl. The third kappa shape index (κ3) is 2.18. The van der Waals surface area contributed by atoms with Crippen molar-refractivity contribution in [2.45, 2.75) is 43.7 Å². The van der Waals surface area contributed by atoms with Gasteiger partial charge in [-0.05, 0) is 50.3 Å². The molecular formula is C20H26ClNO2. The second kappa shape index (κ2) is 6.20. The number of hydrogen-bond donors (Lipinski definition) is 0. The molecule has 0 amide bonds. The van der Waals surface area contributed by atoms with Gasteiger partial charge in [-0.1, -0.05) is 30.3 Å². The standard InChI is InChI=1S/C20H25NO2.ClH/c1-4-20-12-18-14(19(22)23-5-2)11-16(20)17(21(18)3)10-13-8-6-7-9-15(13)20;/h4,6-9,14,16-18H,1,5,10-12H2,2-3H3;1H/t14?,16?,17?,18?,20-;/m1./s1. The van der Waals surface area contributed by atoms with Gasteiger partial charge in [-0.25, -0.2) is 0 Å². The minimum atomic E-state index is -0.0145. The Morgan fingerprint density at radius 3 is 2.88 bits per heavy atom. The molecule has 1 aromatic carbocycles. The number of likely N-dealkylation sites (N-methyl/N-ethyl adjacent to an activating group) is 1. The third-order valence-electron chi connectivity index (χ3n) is 6.59. The van der Waals surface area contributed by atoms with Crippen LogP contribution in [-0.2, 0) is 21.4 Å². The van der Waals surface area contributed by atoms with Crippen LogP contribution in [0.1, 0.15) is 30.9 Å². The Balaban J connectivity index is 0.00000169. The number of halogens is 1. The maximum atomic E-state index is 12.4. The third-order valence-corrected chi connectivity index (χ3v) is 6.59. The lowest BCUT2D eigenvalue weighted by Gasteiger charge is -2.63. The summed E-state index contributed by atoms with van der Waals surface area (Å²) < 4.78 is 5.35. The van der Waals surface area contributed by atoms with Crippen molar-refractivity contribution < 1.29 is 9.53 Å². The minimum absolute atomic E-state index is 0. The molecular weight excluding hydrogens is 322 g/mol. The maximum absolute atomic E-state index is 12.4. The molecule has 1 aromatic rings. The summed E-state index contributed by atoms with van der Waals surface area (Å²) in [6.45, 7) is 6.57. The lowest BCUT2D eigenvalue weighted by molar-refractivity contribution is -0.162. The number of piperidine rings is 2. The first-order valence-electron chi connectivity index (χ1n) is 8.73. The van der Waals surface area contributed by atoms with E-state index >= 15 is 0 Å². The molecule has 0 spiro atoms. The Bertz CT molecular complexity index is 661. The molecule has 130 valence electrons. The molecule has 24 heavy (non-hydrogen) atoms. The van der Waals surface area contributed by atoms with Gasteiger partial charge in [-0.2, -0.15) is 0 Å². The molecule has 3 fully saturated rings. The summed E-state index contributed by atoms with van der Waals surface area (Å²) in [6.07, 6.45) is 5.16. The van der Waals surface area contributed by atoms with Crippen LogP contribution in [0.25, 0.3) is 0 Å². The number of rotatable bonds is 3. The first-order chi connectivity index (χ1) is 11.1. The van der Waals surface area contributed by atoms with E-state index in [1.165, 1.54) is 11.1 Å². The monoisotopic (exact) mass is 347 g/mol. The quantitative estimate of drug-likeness (QED) is 0.620. The van der Waals surface area contributed by atoms with Gasteiger partial charge < -0.3 is 4.74 Å². The van der Waals surface area contributed by atoms with Crippen molar-refractivity contribution in [1.82, 2.24) is 4.90 Å². The van der Waals surface area contributed by atoms with Gasteiger partial charge in [0, 0.05) is 17.5 Å². The van der Waals surface area contributed by atoms with E-state index in [1.54, 1.807) is 0 Å². The highest BCUT2D eigenvalue weighted by molar-refractivity contribution is 5.85. The van der Waals surface area contributed by atoms with Gasteiger partial charge in [0.25, 0.3) is 0 Å². The minimum Gasteiger partial charge on any atom is -0.466 e. The first-order valence-corrected chi connectivity index (χ1v) is 8.73. The predicted molar refractivity (Wildman–Crippen MR) is 97.5 cm³/mol. The molecule has 0 radical (unpaired) electrons. The molecule has 2 aliphatic heterocycles. The van der Waals surface area contributed by atoms with Crippen LogP contribution in [0.5, 0.6) is 0 Å². The van der Waals surface area contributed by atoms with Crippen LogP contribution in [-0.4, -0.2) is 36.6 Å². The van der Waals surface area contributed by atoms with Gasteiger partial charge in [-0.15, -0.1) is 19.0 Å². The second-order valence-corrected chi connectivity index (χ2v) is 7.31. The maximum Gasteiger partial charge on any atom is 0.310 e. The normalized spacial score (nSPS) is 36.4. The molecule has 4 bridgehead atoms. The largest absolute Gasteiger partial charge is 0.466 e. The van der Waals surface area contributed by atoms with E-state index in [1.807, 2.05) is 6.92 Å². The average molecular weight is 348 g/mol. The van der Waals surface area contributed by atoms with Crippen molar-refractivity contribution >= 4 is 18.4 Å². The lowest BCUT2D eigenvalue weighted by atomic mass is 9.49. The Labute approximate surface area is 150 Å². The summed E-state index contributed by atoms with van der Waals surface area (Å²) in [7, 11) is 2.19. The highest BCUT2D eigenvalue weighted by atomic mass is 35.5. The summed E-state index contributed by atoms with van der Waals surface area (Å²) in [4.78, 5) is 14.9. The van der Waals surface area contributed by atoms with Crippen molar-refractivity contribution in [2.24, 2.45) is 11.8 Å². The molecule has 4 heteroatoms. The van der Waals surface area contributed by atoms with Gasteiger partial charge in [0.2, 0.25) is 0 Å². The summed E-state index contributed by atoms with van der Waals surface area (Å²) >= 11 is 0. The molecule has 4 aliphatic rings. The summed E-state index contributed by atoms with van der Waals surface area (Å²) in [5, 5.41) is 0. The van der Waals surface area contributed by atoms with Crippen LogP contribution in [0.3, 0.4) is 0 Å². The summed E-state index contributed by atoms with van der Waals surface area (Å²) in [5.74, 6) is 0.457. The molecule has 4 unspecified atom stereocenters. The van der Waals surface area contributed by atoms with E-state index in [2.05, 4.69) is 48.9 Å². The van der Waals surface area contributed by atoms with Crippen LogP contribution < -0.4 is 0 Å². The lowest BCUT2D eigenvalue weighted by Crippen LogP contribution is -2.69. The van der Waals surface area contributed by atoms with E-state index in [0.717, 1.165) is 19.3 Å². The highest BCUT2D eigenvalue weighted by Gasteiger charge is 2.61. The van der Waals surface area contributed by atoms with Gasteiger partial charge in [-0.3, -0.25) is 9.69 Å². The molecule has 2 saturated heterocycles. The number of carbonyl (C=O) groups excluding carboxylic acids is 1. The Hall–Kier alpha value is -1.32. The van der Waals surface area contributed by atoms with E-state index in [-0.39, 0.29) is 35.8 Å². The van der Waals surface area contributed by atoms with Crippen molar-refractivity contribution in [3.63, 3.8) is 0 Å².